The monoisotopic (exact) mass is 284 g/mol. The Morgan fingerprint density at radius 2 is 1.59 bits per heavy atom. The molecule has 0 saturated heterocycles. The Hall–Kier alpha value is 0.220. The van der Waals surface area contributed by atoms with E-state index in [1.54, 1.807) is 0 Å². The maximum absolute atomic E-state index is 10.7. The van der Waals surface area contributed by atoms with E-state index in [0.29, 0.717) is 0 Å². The molecule has 11 heteroatoms. The number of aliphatic hydroxyl groups is 5. The Kier molecular flexibility index (Phi) is 10.6. The molecule has 0 fully saturated rings. The van der Waals surface area contributed by atoms with Gasteiger partial charge < -0.3 is 29.7 Å². The second-order valence-corrected chi connectivity index (χ2v) is 3.44. The van der Waals surface area contributed by atoms with Crippen LogP contribution in [0, 0.1) is 0 Å². The van der Waals surface area contributed by atoms with Crippen LogP contribution >= 0.6 is 0 Å². The van der Waals surface area contributed by atoms with Gasteiger partial charge in [0.1, 0.15) is 18.3 Å². The van der Waals surface area contributed by atoms with Crippen LogP contribution in [0.2, 0.25) is 0 Å². The van der Waals surface area contributed by atoms with Gasteiger partial charge in [-0.05, 0) is 0 Å². The molecule has 0 spiro atoms. The maximum atomic E-state index is 10.7. The van der Waals surface area contributed by atoms with Crippen LogP contribution in [-0.4, -0.2) is 100 Å². The van der Waals surface area contributed by atoms with Crippen LogP contribution < -0.4 is 0 Å². The minimum absolute atomic E-state index is 0. The van der Waals surface area contributed by atoms with E-state index in [0.717, 1.165) is 0 Å². The van der Waals surface area contributed by atoms with E-state index in [-0.39, 0.29) is 29.6 Å². The molecule has 0 aromatic heterocycles. The summed E-state index contributed by atoms with van der Waals surface area (Å²) in [7, 11) is -3.55. The van der Waals surface area contributed by atoms with Crippen molar-refractivity contribution in [2.24, 2.45) is 0 Å². The van der Waals surface area contributed by atoms with Crippen molar-refractivity contribution in [3.8, 4) is 0 Å². The van der Waals surface area contributed by atoms with Crippen LogP contribution in [0.1, 0.15) is 0 Å². The predicted molar refractivity (Wildman–Crippen MR) is 54.7 cm³/mol. The number of carbonyl (C=O) groups is 1. The van der Waals surface area contributed by atoms with Crippen molar-refractivity contribution in [3.63, 3.8) is 0 Å². The zero-order valence-corrected chi connectivity index (χ0v) is 8.73. The second-order valence-electron chi connectivity index (χ2n) is 2.81. The topological polar surface area (TPSA) is 162 Å². The van der Waals surface area contributed by atoms with Crippen molar-refractivity contribution in [3.05, 3.63) is 0 Å². The van der Waals surface area contributed by atoms with E-state index in [2.05, 4.69) is 4.18 Å². The molecule has 0 rings (SSSR count). The molecule has 0 aromatic rings. The van der Waals surface area contributed by atoms with Crippen LogP contribution in [-0.2, 0) is 20.0 Å². The summed E-state index contributed by atoms with van der Waals surface area (Å²) < 4.78 is 23.4. The number of carbonyl (C=O) groups excluding carboxylic acids is 1. The molecular formula is C6H13NaO9S. The SMILES string of the molecule is O=C(O[SH](=O)=O)[C@H](O)[C@@H](O)[C@H](O)[C@H](O)CO.[NaH]. The fraction of sp³-hybridized carbons (Fsp3) is 0.833. The summed E-state index contributed by atoms with van der Waals surface area (Å²) in [5.41, 5.74) is 0. The van der Waals surface area contributed by atoms with Gasteiger partial charge in [0.2, 0.25) is 0 Å². The number of thiol groups is 1. The third kappa shape index (κ3) is 6.64. The first kappa shape index (κ1) is 19.6. The standard InChI is InChI=1S/C6H12O9S.Na.H/c7-1-2(8)3(9)4(10)5(11)6(12)15-16(13)14;;/h2-5,7-11,16H,1H2;;/t2-,3-,4+,5-;;/m1../s1. The van der Waals surface area contributed by atoms with Crippen LogP contribution in [0.15, 0.2) is 0 Å². The zero-order valence-electron chi connectivity index (χ0n) is 7.83. The second kappa shape index (κ2) is 9.19. The van der Waals surface area contributed by atoms with Crippen molar-refractivity contribution >= 4 is 46.5 Å². The van der Waals surface area contributed by atoms with Crippen molar-refractivity contribution < 1.29 is 42.9 Å². The minimum atomic E-state index is -3.55. The molecular weight excluding hydrogens is 271 g/mol. The quantitative estimate of drug-likeness (QED) is 0.207. The molecule has 4 atom stereocenters. The molecule has 0 heterocycles. The van der Waals surface area contributed by atoms with Gasteiger partial charge in [-0.2, -0.15) is 8.42 Å². The summed E-state index contributed by atoms with van der Waals surface area (Å²) in [4.78, 5) is 10.7. The molecule has 17 heavy (non-hydrogen) atoms. The van der Waals surface area contributed by atoms with Gasteiger partial charge in [-0.15, -0.1) is 0 Å². The summed E-state index contributed by atoms with van der Waals surface area (Å²) in [6, 6.07) is 0. The normalized spacial score (nSPS) is 17.8. The van der Waals surface area contributed by atoms with E-state index in [1.165, 1.54) is 0 Å². The molecule has 98 valence electrons. The van der Waals surface area contributed by atoms with Gasteiger partial charge in [-0.1, -0.05) is 0 Å². The van der Waals surface area contributed by atoms with Gasteiger partial charge >= 0.3 is 46.5 Å². The summed E-state index contributed by atoms with van der Waals surface area (Å²) in [5, 5.41) is 44.4. The fourth-order valence-electron chi connectivity index (χ4n) is 0.789. The fourth-order valence-corrected chi connectivity index (χ4v) is 1.04. The van der Waals surface area contributed by atoms with E-state index >= 15 is 0 Å². The molecule has 0 aliphatic rings. The molecule has 0 aliphatic carbocycles. The molecule has 9 nitrogen and oxygen atoms in total. The third-order valence-electron chi connectivity index (χ3n) is 1.66. The van der Waals surface area contributed by atoms with Gasteiger partial charge in [0, 0.05) is 0 Å². The Balaban J connectivity index is 0. The first-order chi connectivity index (χ1) is 7.31. The van der Waals surface area contributed by atoms with Crippen LogP contribution in [0.3, 0.4) is 0 Å². The summed E-state index contributed by atoms with van der Waals surface area (Å²) in [6.07, 6.45) is -8.37. The molecule has 0 aromatic carbocycles. The van der Waals surface area contributed by atoms with Gasteiger partial charge in [0.05, 0.1) is 6.61 Å². The van der Waals surface area contributed by atoms with Crippen molar-refractivity contribution in [2.45, 2.75) is 24.4 Å². The number of hydrogen-bond donors (Lipinski definition) is 6. The molecule has 0 saturated carbocycles. The van der Waals surface area contributed by atoms with E-state index in [4.69, 9.17) is 25.5 Å². The number of aliphatic hydroxyl groups excluding tert-OH is 5. The Morgan fingerprint density at radius 1 is 1.12 bits per heavy atom. The average molecular weight is 284 g/mol. The van der Waals surface area contributed by atoms with Crippen molar-refractivity contribution in [1.82, 2.24) is 0 Å². The van der Waals surface area contributed by atoms with Gasteiger partial charge in [0.25, 0.3) is 0 Å². The summed E-state index contributed by atoms with van der Waals surface area (Å²) >= 11 is 0. The van der Waals surface area contributed by atoms with Gasteiger partial charge in [0.15, 0.2) is 6.10 Å². The van der Waals surface area contributed by atoms with Crippen LogP contribution in [0.5, 0.6) is 0 Å². The zero-order chi connectivity index (χ0) is 12.9. The Morgan fingerprint density at radius 3 is 1.94 bits per heavy atom. The van der Waals surface area contributed by atoms with Crippen molar-refractivity contribution in [2.75, 3.05) is 6.61 Å². The Bertz CT molecular complexity index is 298. The van der Waals surface area contributed by atoms with Crippen LogP contribution in [0.4, 0.5) is 0 Å². The molecule has 5 N–H and O–H groups in total. The third-order valence-corrected chi connectivity index (χ3v) is 1.99. The van der Waals surface area contributed by atoms with Crippen molar-refractivity contribution in [1.29, 1.82) is 0 Å². The molecule has 0 unspecified atom stereocenters. The predicted octanol–water partition coefficient (Wildman–Crippen LogP) is -5.16. The van der Waals surface area contributed by atoms with Crippen LogP contribution in [0.25, 0.3) is 0 Å². The van der Waals surface area contributed by atoms with Gasteiger partial charge in [-0.3, -0.25) is 0 Å². The summed E-state index contributed by atoms with van der Waals surface area (Å²) in [6.45, 7) is -0.921. The Labute approximate surface area is 120 Å². The first-order valence-electron chi connectivity index (χ1n) is 4.00. The van der Waals surface area contributed by atoms with E-state index in [9.17, 15) is 13.2 Å². The molecule has 0 radical (unpaired) electrons. The summed E-state index contributed by atoms with van der Waals surface area (Å²) in [5.74, 6) is -1.70. The molecule has 0 amide bonds. The number of rotatable bonds is 6. The van der Waals surface area contributed by atoms with E-state index < -0.39 is 48.0 Å². The average Bonchev–Trinajstić information content (AvgIpc) is 2.23. The van der Waals surface area contributed by atoms with E-state index in [1.807, 2.05) is 0 Å². The molecule has 0 bridgehead atoms. The first-order valence-corrected chi connectivity index (χ1v) is 5.10. The van der Waals surface area contributed by atoms with Gasteiger partial charge in [-0.25, -0.2) is 4.79 Å². The number of hydrogen-bond acceptors (Lipinski definition) is 9. The molecule has 0 aliphatic heterocycles.